The second-order valence-electron chi connectivity index (χ2n) is 4.60. The molecule has 0 saturated heterocycles. The largest absolute Gasteiger partial charge is 0.306 e. The first kappa shape index (κ1) is 15.5. The molecule has 0 aliphatic heterocycles. The van der Waals surface area contributed by atoms with Crippen molar-refractivity contribution in [2.45, 2.75) is 19.4 Å². The van der Waals surface area contributed by atoms with E-state index in [1.807, 2.05) is 30.3 Å². The van der Waals surface area contributed by atoms with Crippen LogP contribution >= 0.6 is 27.5 Å². The topological polar surface area (TPSA) is 12.0 Å². The fraction of sp³-hybridized carbons (Fsp3) is 0.250. The number of hydrogen-bond acceptors (Lipinski definition) is 1. The molecule has 0 spiro atoms. The van der Waals surface area contributed by atoms with Gasteiger partial charge in [-0.05, 0) is 48.4 Å². The van der Waals surface area contributed by atoms with Crippen molar-refractivity contribution in [2.75, 3.05) is 6.54 Å². The molecule has 0 amide bonds. The highest BCUT2D eigenvalue weighted by Gasteiger charge is 2.16. The van der Waals surface area contributed by atoms with E-state index in [9.17, 15) is 4.39 Å². The van der Waals surface area contributed by atoms with E-state index in [0.29, 0.717) is 5.02 Å². The van der Waals surface area contributed by atoms with Gasteiger partial charge in [-0.1, -0.05) is 52.7 Å². The minimum absolute atomic E-state index is 0.0159. The lowest BCUT2D eigenvalue weighted by molar-refractivity contribution is 0.591. The van der Waals surface area contributed by atoms with E-state index in [-0.39, 0.29) is 11.9 Å². The molecule has 20 heavy (non-hydrogen) atoms. The number of nitrogens with one attached hydrogen (secondary N) is 1. The molecule has 106 valence electrons. The van der Waals surface area contributed by atoms with Crippen molar-refractivity contribution >= 4 is 27.5 Å². The van der Waals surface area contributed by atoms with Gasteiger partial charge >= 0.3 is 0 Å². The van der Waals surface area contributed by atoms with E-state index in [1.54, 1.807) is 0 Å². The van der Waals surface area contributed by atoms with Crippen LogP contribution in [0.15, 0.2) is 46.9 Å². The number of rotatable bonds is 5. The predicted molar refractivity (Wildman–Crippen MR) is 85.7 cm³/mol. The zero-order valence-electron chi connectivity index (χ0n) is 11.2. The maximum atomic E-state index is 13.1. The van der Waals surface area contributed by atoms with Crippen LogP contribution in [0.3, 0.4) is 0 Å². The van der Waals surface area contributed by atoms with Gasteiger partial charge in [0.15, 0.2) is 0 Å². The molecule has 1 nitrogen and oxygen atoms in total. The summed E-state index contributed by atoms with van der Waals surface area (Å²) in [6.45, 7) is 3.00. The lowest BCUT2D eigenvalue weighted by Gasteiger charge is -2.21. The molecular weight excluding hydrogens is 341 g/mol. The molecule has 0 fully saturated rings. The smallest absolute Gasteiger partial charge is 0.123 e. The Morgan fingerprint density at radius 1 is 1.20 bits per heavy atom. The summed E-state index contributed by atoms with van der Waals surface area (Å²) in [7, 11) is 0. The van der Waals surface area contributed by atoms with Gasteiger partial charge < -0.3 is 5.32 Å². The summed E-state index contributed by atoms with van der Waals surface area (Å²) in [5, 5.41) is 4.18. The zero-order valence-corrected chi connectivity index (χ0v) is 13.5. The average molecular weight is 357 g/mol. The molecule has 1 N–H and O–H groups in total. The molecule has 2 aromatic rings. The first-order valence-corrected chi connectivity index (χ1v) is 7.72. The molecule has 0 radical (unpaired) electrons. The SMILES string of the molecule is CCCNC(c1ccc(F)cc1)c1ccc(Cl)cc1Br. The van der Waals surface area contributed by atoms with Gasteiger partial charge in [-0.2, -0.15) is 0 Å². The van der Waals surface area contributed by atoms with Crippen LogP contribution in [0.25, 0.3) is 0 Å². The predicted octanol–water partition coefficient (Wildman–Crippen LogP) is 5.33. The zero-order chi connectivity index (χ0) is 14.5. The van der Waals surface area contributed by atoms with Gasteiger partial charge in [0, 0.05) is 9.50 Å². The number of hydrogen-bond donors (Lipinski definition) is 1. The fourth-order valence-electron chi connectivity index (χ4n) is 2.09. The highest BCUT2D eigenvalue weighted by molar-refractivity contribution is 9.10. The van der Waals surface area contributed by atoms with Crippen LogP contribution in [0, 0.1) is 5.82 Å². The van der Waals surface area contributed by atoms with Gasteiger partial charge in [-0.15, -0.1) is 0 Å². The summed E-state index contributed by atoms with van der Waals surface area (Å²) in [4.78, 5) is 0. The van der Waals surface area contributed by atoms with E-state index >= 15 is 0 Å². The fourth-order valence-corrected chi connectivity index (χ4v) is 3.00. The third-order valence-corrected chi connectivity index (χ3v) is 4.00. The van der Waals surface area contributed by atoms with Gasteiger partial charge in [0.25, 0.3) is 0 Å². The molecule has 0 heterocycles. The standard InChI is InChI=1S/C16H16BrClFN/c1-2-9-20-16(11-3-6-13(19)7-4-11)14-8-5-12(18)10-15(14)17/h3-8,10,16,20H,2,9H2,1H3. The first-order valence-electron chi connectivity index (χ1n) is 6.55. The molecule has 4 heteroatoms. The summed E-state index contributed by atoms with van der Waals surface area (Å²) >= 11 is 9.55. The van der Waals surface area contributed by atoms with Gasteiger partial charge in [-0.25, -0.2) is 4.39 Å². The van der Waals surface area contributed by atoms with E-state index in [1.165, 1.54) is 12.1 Å². The van der Waals surface area contributed by atoms with Crippen molar-refractivity contribution in [2.24, 2.45) is 0 Å². The Bertz CT molecular complexity index is 571. The van der Waals surface area contributed by atoms with Crippen molar-refractivity contribution in [3.8, 4) is 0 Å². The molecular formula is C16H16BrClFN. The molecule has 0 bridgehead atoms. The quantitative estimate of drug-likeness (QED) is 0.763. The minimum atomic E-state index is -0.224. The average Bonchev–Trinajstić information content (AvgIpc) is 2.42. The van der Waals surface area contributed by atoms with E-state index in [2.05, 4.69) is 28.2 Å². The Morgan fingerprint density at radius 2 is 1.90 bits per heavy atom. The third kappa shape index (κ3) is 3.81. The van der Waals surface area contributed by atoms with Gasteiger partial charge in [0.05, 0.1) is 6.04 Å². The van der Waals surface area contributed by atoms with Crippen LogP contribution in [0.5, 0.6) is 0 Å². The second-order valence-corrected chi connectivity index (χ2v) is 5.90. The van der Waals surface area contributed by atoms with Crippen LogP contribution in [-0.2, 0) is 0 Å². The maximum Gasteiger partial charge on any atom is 0.123 e. The van der Waals surface area contributed by atoms with E-state index in [4.69, 9.17) is 11.6 Å². The Hall–Kier alpha value is -0.900. The van der Waals surface area contributed by atoms with Crippen LogP contribution in [0.2, 0.25) is 5.02 Å². The molecule has 1 unspecified atom stereocenters. The highest BCUT2D eigenvalue weighted by atomic mass is 79.9. The second kappa shape index (κ2) is 7.21. The minimum Gasteiger partial charge on any atom is -0.306 e. The number of benzene rings is 2. The Labute approximate surface area is 132 Å². The summed E-state index contributed by atoms with van der Waals surface area (Å²) < 4.78 is 14.0. The van der Waals surface area contributed by atoms with Gasteiger partial charge in [0.2, 0.25) is 0 Å². The molecule has 0 aromatic heterocycles. The highest BCUT2D eigenvalue weighted by Crippen LogP contribution is 2.30. The van der Waals surface area contributed by atoms with Crippen molar-refractivity contribution in [3.05, 3.63) is 68.9 Å². The van der Waals surface area contributed by atoms with E-state index in [0.717, 1.165) is 28.6 Å². The molecule has 0 saturated carbocycles. The Morgan fingerprint density at radius 3 is 2.50 bits per heavy atom. The van der Waals surface area contributed by atoms with Crippen LogP contribution < -0.4 is 5.32 Å². The third-order valence-electron chi connectivity index (χ3n) is 3.08. The monoisotopic (exact) mass is 355 g/mol. The van der Waals surface area contributed by atoms with Crippen molar-refractivity contribution < 1.29 is 4.39 Å². The number of halogens is 3. The van der Waals surface area contributed by atoms with Crippen LogP contribution in [-0.4, -0.2) is 6.54 Å². The molecule has 1 atom stereocenters. The molecule has 2 rings (SSSR count). The molecule has 0 aliphatic carbocycles. The summed E-state index contributed by atoms with van der Waals surface area (Å²) in [5.41, 5.74) is 2.12. The first-order chi connectivity index (χ1) is 9.61. The molecule has 2 aromatic carbocycles. The maximum absolute atomic E-state index is 13.1. The Balaban J connectivity index is 2.38. The van der Waals surface area contributed by atoms with Crippen LogP contribution in [0.4, 0.5) is 4.39 Å². The lowest BCUT2D eigenvalue weighted by atomic mass is 9.98. The van der Waals surface area contributed by atoms with Gasteiger partial charge in [0.1, 0.15) is 5.82 Å². The Kier molecular flexibility index (Phi) is 5.58. The van der Waals surface area contributed by atoms with Crippen LogP contribution in [0.1, 0.15) is 30.5 Å². The summed E-state index contributed by atoms with van der Waals surface area (Å²) in [6.07, 6.45) is 1.03. The van der Waals surface area contributed by atoms with Crippen molar-refractivity contribution in [1.29, 1.82) is 0 Å². The summed E-state index contributed by atoms with van der Waals surface area (Å²) in [6, 6.07) is 12.3. The normalized spacial score (nSPS) is 12.4. The summed E-state index contributed by atoms with van der Waals surface area (Å²) in [5.74, 6) is -0.224. The van der Waals surface area contributed by atoms with Gasteiger partial charge in [-0.3, -0.25) is 0 Å². The van der Waals surface area contributed by atoms with Crippen molar-refractivity contribution in [3.63, 3.8) is 0 Å². The molecule has 0 aliphatic rings. The van der Waals surface area contributed by atoms with Crippen molar-refractivity contribution in [1.82, 2.24) is 5.32 Å². The lowest BCUT2D eigenvalue weighted by Crippen LogP contribution is -2.23. The van der Waals surface area contributed by atoms with E-state index < -0.39 is 0 Å².